The number of aromatic amines is 1. The summed E-state index contributed by atoms with van der Waals surface area (Å²) < 4.78 is 11.2. The zero-order valence-corrected chi connectivity index (χ0v) is 16.7. The third-order valence-corrected chi connectivity index (χ3v) is 5.25. The molecule has 6 rings (SSSR count). The lowest BCUT2D eigenvalue weighted by Crippen LogP contribution is -2.15. The van der Waals surface area contributed by atoms with E-state index in [0.717, 1.165) is 21.8 Å². The van der Waals surface area contributed by atoms with Gasteiger partial charge in [0.25, 0.3) is 5.95 Å². The van der Waals surface area contributed by atoms with E-state index in [1.165, 1.54) is 0 Å². The summed E-state index contributed by atoms with van der Waals surface area (Å²) >= 11 is 6.34. The van der Waals surface area contributed by atoms with Gasteiger partial charge in [-0.2, -0.15) is 10.1 Å². The monoisotopic (exact) mass is 431 g/mol. The third-order valence-electron chi connectivity index (χ3n) is 4.95. The highest BCUT2D eigenvalue weighted by Gasteiger charge is 2.14. The van der Waals surface area contributed by atoms with Crippen LogP contribution in [0.3, 0.4) is 0 Å². The minimum Gasteiger partial charge on any atom is -0.486 e. The Morgan fingerprint density at radius 1 is 1.03 bits per heavy atom. The van der Waals surface area contributed by atoms with Crippen molar-refractivity contribution < 1.29 is 9.47 Å². The lowest BCUT2D eigenvalue weighted by atomic mass is 10.1. The molecule has 1 aliphatic heterocycles. The van der Waals surface area contributed by atoms with E-state index in [1.807, 2.05) is 42.5 Å². The molecule has 0 radical (unpaired) electrons. The molecule has 2 aromatic carbocycles. The Labute approximate surface area is 180 Å². The van der Waals surface area contributed by atoms with Crippen LogP contribution in [0.25, 0.3) is 33.0 Å². The van der Waals surface area contributed by atoms with E-state index < -0.39 is 0 Å². The quantitative estimate of drug-likeness (QED) is 0.253. The van der Waals surface area contributed by atoms with Gasteiger partial charge in [0, 0.05) is 27.9 Å². The van der Waals surface area contributed by atoms with Crippen LogP contribution in [0, 0.1) is 0 Å². The molecule has 0 atom stereocenters. The Balaban J connectivity index is 1.29. The highest BCUT2D eigenvalue weighted by atomic mass is 35.5. The maximum atomic E-state index is 6.34. The number of benzene rings is 2. The van der Waals surface area contributed by atoms with Gasteiger partial charge >= 0.3 is 0 Å². The molecule has 4 heterocycles. The summed E-state index contributed by atoms with van der Waals surface area (Å²) in [7, 11) is 0. The lowest BCUT2D eigenvalue weighted by molar-refractivity contribution is 0.172. The number of anilines is 1. The Morgan fingerprint density at radius 2 is 1.87 bits per heavy atom. The largest absolute Gasteiger partial charge is 0.486 e. The summed E-state index contributed by atoms with van der Waals surface area (Å²) in [6, 6.07) is 13.4. The molecule has 0 aliphatic carbocycles. The SMILES string of the molecule is Clc1nc2cc3c(cc2cc1C=NNc1nnc2c(n1)[nH]c1ccccc12)OCCO3. The number of hydrogen-bond acceptors (Lipinski definition) is 8. The molecule has 0 fully saturated rings. The maximum absolute atomic E-state index is 6.34. The van der Waals surface area contributed by atoms with Crippen LogP contribution in [0.1, 0.15) is 5.56 Å². The van der Waals surface area contributed by atoms with E-state index >= 15 is 0 Å². The van der Waals surface area contributed by atoms with E-state index in [-0.39, 0.29) is 5.95 Å². The van der Waals surface area contributed by atoms with Gasteiger partial charge in [0.1, 0.15) is 23.9 Å². The summed E-state index contributed by atoms with van der Waals surface area (Å²) in [5.41, 5.74) is 6.43. The van der Waals surface area contributed by atoms with E-state index in [4.69, 9.17) is 21.1 Å². The van der Waals surface area contributed by atoms with Crippen molar-refractivity contribution in [2.75, 3.05) is 18.6 Å². The first-order valence-corrected chi connectivity index (χ1v) is 9.92. The van der Waals surface area contributed by atoms with Crippen molar-refractivity contribution in [1.82, 2.24) is 25.1 Å². The number of nitrogens with one attached hydrogen (secondary N) is 2. The standard InChI is InChI=1S/C21H14ClN7O2/c22-19-12(7-11-8-16-17(9-15(11)24-19)31-6-5-30-16)10-23-28-21-26-20-18(27-29-21)13-3-1-2-4-14(13)25-20/h1-4,7-10H,5-6H2,(H2,25,26,28,29). The van der Waals surface area contributed by atoms with Crippen LogP contribution < -0.4 is 14.9 Å². The molecular formula is C21H14ClN7O2. The van der Waals surface area contributed by atoms with Crippen LogP contribution in [0.2, 0.25) is 5.15 Å². The van der Waals surface area contributed by atoms with Crippen molar-refractivity contribution in [3.63, 3.8) is 0 Å². The third kappa shape index (κ3) is 3.15. The number of hydrogen-bond donors (Lipinski definition) is 2. The molecule has 0 amide bonds. The number of ether oxygens (including phenoxy) is 2. The second-order valence-electron chi connectivity index (χ2n) is 6.93. The van der Waals surface area contributed by atoms with Gasteiger partial charge in [-0.25, -0.2) is 10.4 Å². The van der Waals surface area contributed by atoms with Crippen LogP contribution in [0.4, 0.5) is 5.95 Å². The predicted octanol–water partition coefficient (Wildman–Crippen LogP) is 3.92. The van der Waals surface area contributed by atoms with Crippen LogP contribution >= 0.6 is 11.6 Å². The Hall–Kier alpha value is -3.98. The first-order chi connectivity index (χ1) is 15.2. The van der Waals surface area contributed by atoms with Crippen molar-refractivity contribution in [2.24, 2.45) is 5.10 Å². The number of hydrazone groups is 1. The van der Waals surface area contributed by atoms with E-state index in [9.17, 15) is 0 Å². The number of halogens is 1. The zero-order valence-electron chi connectivity index (χ0n) is 16.0. The van der Waals surface area contributed by atoms with Crippen molar-refractivity contribution in [2.45, 2.75) is 0 Å². The number of para-hydroxylation sites is 1. The predicted molar refractivity (Wildman–Crippen MR) is 118 cm³/mol. The highest BCUT2D eigenvalue weighted by Crippen LogP contribution is 2.35. The number of aromatic nitrogens is 5. The molecule has 10 heteroatoms. The van der Waals surface area contributed by atoms with Gasteiger partial charge in [-0.1, -0.05) is 29.8 Å². The smallest absolute Gasteiger partial charge is 0.265 e. The summed E-state index contributed by atoms with van der Waals surface area (Å²) in [5.74, 6) is 1.62. The Kier molecular flexibility index (Phi) is 4.07. The van der Waals surface area contributed by atoms with E-state index in [1.54, 1.807) is 6.21 Å². The molecule has 0 spiro atoms. The number of nitrogens with zero attached hydrogens (tertiary/aromatic N) is 5. The average Bonchev–Trinajstić information content (AvgIpc) is 3.16. The summed E-state index contributed by atoms with van der Waals surface area (Å²) in [6.45, 7) is 1.04. The fourth-order valence-corrected chi connectivity index (χ4v) is 3.72. The molecular weight excluding hydrogens is 418 g/mol. The van der Waals surface area contributed by atoms with Crippen LogP contribution in [0.5, 0.6) is 11.5 Å². The van der Waals surface area contributed by atoms with Crippen molar-refractivity contribution in [3.8, 4) is 11.5 Å². The number of rotatable bonds is 3. The fourth-order valence-electron chi connectivity index (χ4n) is 3.52. The first-order valence-electron chi connectivity index (χ1n) is 9.55. The van der Waals surface area contributed by atoms with Crippen molar-refractivity contribution in [1.29, 1.82) is 0 Å². The van der Waals surface area contributed by atoms with Crippen LogP contribution in [0.15, 0.2) is 47.6 Å². The van der Waals surface area contributed by atoms with Crippen molar-refractivity contribution in [3.05, 3.63) is 53.2 Å². The molecule has 1 aliphatic rings. The van der Waals surface area contributed by atoms with Crippen LogP contribution in [-0.4, -0.2) is 44.6 Å². The second-order valence-corrected chi connectivity index (χ2v) is 7.29. The minimum atomic E-state index is 0.264. The topological polar surface area (TPSA) is 110 Å². The van der Waals surface area contributed by atoms with Gasteiger partial charge in [-0.15, -0.1) is 10.2 Å². The molecule has 31 heavy (non-hydrogen) atoms. The van der Waals surface area contributed by atoms with Gasteiger partial charge in [-0.3, -0.25) is 0 Å². The highest BCUT2D eigenvalue weighted by molar-refractivity contribution is 6.32. The fraction of sp³-hybridized carbons (Fsp3) is 0.0952. The summed E-state index contributed by atoms with van der Waals surface area (Å²) in [5, 5.41) is 14.7. The summed E-state index contributed by atoms with van der Waals surface area (Å²) in [4.78, 5) is 12.1. The molecule has 5 aromatic rings. The van der Waals surface area contributed by atoms with Gasteiger partial charge in [0.05, 0.1) is 11.7 Å². The van der Waals surface area contributed by atoms with Gasteiger partial charge in [0.2, 0.25) is 0 Å². The van der Waals surface area contributed by atoms with E-state index in [0.29, 0.717) is 46.6 Å². The van der Waals surface area contributed by atoms with Crippen molar-refractivity contribution >= 4 is 56.7 Å². The first kappa shape index (κ1) is 17.8. The molecule has 3 aromatic heterocycles. The number of H-pyrrole nitrogens is 1. The number of pyridine rings is 1. The molecule has 0 saturated heterocycles. The van der Waals surface area contributed by atoms with Gasteiger partial charge in [-0.05, 0) is 18.2 Å². The molecule has 0 bridgehead atoms. The average molecular weight is 432 g/mol. The Bertz CT molecular complexity index is 1500. The normalized spacial score (nSPS) is 13.5. The van der Waals surface area contributed by atoms with Gasteiger partial charge < -0.3 is 14.5 Å². The van der Waals surface area contributed by atoms with Gasteiger partial charge in [0.15, 0.2) is 17.1 Å². The molecule has 2 N–H and O–H groups in total. The molecule has 0 saturated carbocycles. The lowest BCUT2D eigenvalue weighted by Gasteiger charge is -2.18. The van der Waals surface area contributed by atoms with E-state index in [2.05, 4.69) is 35.7 Å². The second kappa shape index (κ2) is 7.06. The zero-order chi connectivity index (χ0) is 20.8. The van der Waals surface area contributed by atoms with Crippen LogP contribution in [-0.2, 0) is 0 Å². The molecule has 0 unspecified atom stereocenters. The molecule has 152 valence electrons. The number of fused-ring (bicyclic) bond motifs is 5. The molecule has 9 nitrogen and oxygen atoms in total. The Morgan fingerprint density at radius 3 is 2.77 bits per heavy atom. The maximum Gasteiger partial charge on any atom is 0.265 e. The minimum absolute atomic E-state index is 0.264. The summed E-state index contributed by atoms with van der Waals surface area (Å²) in [6.07, 6.45) is 1.56.